The van der Waals surface area contributed by atoms with Gasteiger partial charge < -0.3 is 5.32 Å². The number of rotatable bonds is 5. The first-order valence-electron chi connectivity index (χ1n) is 8.48. The molecule has 0 unspecified atom stereocenters. The van der Waals surface area contributed by atoms with E-state index in [0.29, 0.717) is 17.0 Å². The van der Waals surface area contributed by atoms with Crippen LogP contribution in [-0.2, 0) is 22.7 Å². The topological polar surface area (TPSA) is 113 Å². The second kappa shape index (κ2) is 8.04. The van der Waals surface area contributed by atoms with Gasteiger partial charge in [0.05, 0.1) is 15.8 Å². The van der Waals surface area contributed by atoms with Crippen molar-refractivity contribution in [3.63, 3.8) is 0 Å². The van der Waals surface area contributed by atoms with Crippen LogP contribution in [0, 0.1) is 11.3 Å². The Hall–Kier alpha value is -1.83. The lowest BCUT2D eigenvalue weighted by Crippen LogP contribution is -2.18. The number of anilines is 1. The molecule has 1 N–H and O–H groups in total. The maximum absolute atomic E-state index is 12.7. The molecule has 0 aliphatic heterocycles. The van der Waals surface area contributed by atoms with Gasteiger partial charge in [-0.3, -0.25) is 4.79 Å². The highest BCUT2D eigenvalue weighted by atomic mass is 79.9. The van der Waals surface area contributed by atoms with Crippen molar-refractivity contribution in [3.05, 3.63) is 32.4 Å². The van der Waals surface area contributed by atoms with Crippen LogP contribution in [0.25, 0.3) is 0 Å². The standard InChI is InChI=1S/C17H17BrN4O3S2/c1-2-7-27(24,25)17-20-9-12(18)14(21-17)15(23)22-16-11(8-19)10-5-3-4-6-13(10)26-16/h9H,2-7H2,1H3,(H,22,23). The van der Waals surface area contributed by atoms with Crippen LogP contribution in [-0.4, -0.2) is 30.0 Å². The van der Waals surface area contributed by atoms with Gasteiger partial charge in [0.15, 0.2) is 0 Å². The van der Waals surface area contributed by atoms with Crippen molar-refractivity contribution in [2.75, 3.05) is 11.1 Å². The number of fused-ring (bicyclic) bond motifs is 1. The molecule has 1 amide bonds. The van der Waals surface area contributed by atoms with Crippen molar-refractivity contribution in [3.8, 4) is 6.07 Å². The Morgan fingerprint density at radius 3 is 2.85 bits per heavy atom. The number of halogens is 1. The molecule has 2 aromatic heterocycles. The highest BCUT2D eigenvalue weighted by Crippen LogP contribution is 2.37. The van der Waals surface area contributed by atoms with Gasteiger partial charge in [-0.15, -0.1) is 11.3 Å². The molecule has 0 saturated heterocycles. The van der Waals surface area contributed by atoms with Crippen molar-refractivity contribution in [2.24, 2.45) is 0 Å². The fourth-order valence-electron chi connectivity index (χ4n) is 2.95. The molecule has 1 aliphatic carbocycles. The van der Waals surface area contributed by atoms with Gasteiger partial charge >= 0.3 is 0 Å². The highest BCUT2D eigenvalue weighted by Gasteiger charge is 2.25. The Morgan fingerprint density at radius 2 is 2.15 bits per heavy atom. The number of aromatic nitrogens is 2. The van der Waals surface area contributed by atoms with E-state index in [9.17, 15) is 18.5 Å². The van der Waals surface area contributed by atoms with Crippen molar-refractivity contribution in [2.45, 2.75) is 44.2 Å². The number of nitrogens with one attached hydrogen (secondary N) is 1. The zero-order valence-corrected chi connectivity index (χ0v) is 17.8. The molecule has 0 aromatic carbocycles. The number of hydrogen-bond donors (Lipinski definition) is 1. The lowest BCUT2D eigenvalue weighted by atomic mass is 9.96. The quantitative estimate of drug-likeness (QED) is 0.671. The molecule has 1 aliphatic rings. The second-order valence-corrected chi connectivity index (χ2v) is 10.1. The Balaban J connectivity index is 1.94. The largest absolute Gasteiger partial charge is 0.311 e. The minimum atomic E-state index is -3.64. The van der Waals surface area contributed by atoms with Crippen LogP contribution in [0.15, 0.2) is 15.8 Å². The summed E-state index contributed by atoms with van der Waals surface area (Å²) >= 11 is 4.60. The molecule has 0 spiro atoms. The lowest BCUT2D eigenvalue weighted by molar-refractivity contribution is 0.102. The number of sulfone groups is 1. The number of hydrogen-bond acceptors (Lipinski definition) is 7. The molecular weight excluding hydrogens is 452 g/mol. The van der Waals surface area contributed by atoms with Crippen molar-refractivity contribution in [1.29, 1.82) is 5.26 Å². The van der Waals surface area contributed by atoms with Gasteiger partial charge in [-0.2, -0.15) is 5.26 Å². The van der Waals surface area contributed by atoms with Gasteiger partial charge in [-0.25, -0.2) is 18.4 Å². The molecule has 7 nitrogen and oxygen atoms in total. The first-order chi connectivity index (χ1) is 12.9. The van der Waals surface area contributed by atoms with E-state index in [-0.39, 0.29) is 21.1 Å². The van der Waals surface area contributed by atoms with E-state index < -0.39 is 15.7 Å². The zero-order valence-electron chi connectivity index (χ0n) is 14.6. The Morgan fingerprint density at radius 1 is 1.41 bits per heavy atom. The number of aryl methyl sites for hydroxylation is 1. The zero-order chi connectivity index (χ0) is 19.6. The Kier molecular flexibility index (Phi) is 5.93. The summed E-state index contributed by atoms with van der Waals surface area (Å²) in [5.74, 6) is -0.668. The maximum Gasteiger partial charge on any atom is 0.276 e. The van der Waals surface area contributed by atoms with Crippen LogP contribution < -0.4 is 5.32 Å². The summed E-state index contributed by atoms with van der Waals surface area (Å²) in [6.07, 6.45) is 5.52. The summed E-state index contributed by atoms with van der Waals surface area (Å²) in [6.45, 7) is 1.74. The molecule has 0 bridgehead atoms. The fraction of sp³-hybridized carbons (Fsp3) is 0.412. The second-order valence-electron chi connectivity index (χ2n) is 6.15. The molecule has 0 radical (unpaired) electrons. The Labute approximate surface area is 169 Å². The van der Waals surface area contributed by atoms with Crippen molar-refractivity contribution >= 4 is 48.0 Å². The van der Waals surface area contributed by atoms with Crippen LogP contribution in [0.5, 0.6) is 0 Å². The summed E-state index contributed by atoms with van der Waals surface area (Å²) < 4.78 is 24.7. The molecule has 142 valence electrons. The van der Waals surface area contributed by atoms with Crippen LogP contribution >= 0.6 is 27.3 Å². The predicted molar refractivity (Wildman–Crippen MR) is 106 cm³/mol. The van der Waals surface area contributed by atoms with E-state index in [1.807, 2.05) is 0 Å². The number of carbonyl (C=O) groups excluding carboxylic acids is 1. The first kappa shape index (κ1) is 19.9. The van der Waals surface area contributed by atoms with Gasteiger partial charge in [0.25, 0.3) is 5.91 Å². The van der Waals surface area contributed by atoms with Crippen LogP contribution in [0.1, 0.15) is 52.7 Å². The molecular formula is C17H17BrN4O3S2. The average Bonchev–Trinajstić information content (AvgIpc) is 2.98. The average molecular weight is 469 g/mol. The third-order valence-electron chi connectivity index (χ3n) is 4.20. The van der Waals surface area contributed by atoms with Crippen LogP contribution in [0.2, 0.25) is 0 Å². The van der Waals surface area contributed by atoms with Gasteiger partial charge in [-0.05, 0) is 53.6 Å². The molecule has 0 saturated carbocycles. The van der Waals surface area contributed by atoms with Crippen LogP contribution in [0.4, 0.5) is 5.00 Å². The molecule has 10 heteroatoms. The smallest absolute Gasteiger partial charge is 0.276 e. The van der Waals surface area contributed by atoms with Gasteiger partial charge in [0.2, 0.25) is 15.0 Å². The number of nitriles is 1. The van der Waals surface area contributed by atoms with Crippen LogP contribution in [0.3, 0.4) is 0 Å². The summed E-state index contributed by atoms with van der Waals surface area (Å²) in [7, 11) is -3.64. The minimum Gasteiger partial charge on any atom is -0.311 e. The van der Waals surface area contributed by atoms with Gasteiger partial charge in [0.1, 0.15) is 16.8 Å². The summed E-state index contributed by atoms with van der Waals surface area (Å²) in [5, 5.41) is 12.3. The SMILES string of the molecule is CCCS(=O)(=O)c1ncc(Br)c(C(=O)Nc2sc3c(c2C#N)CCCC3)n1. The van der Waals surface area contributed by atoms with Gasteiger partial charge in [0, 0.05) is 11.1 Å². The normalized spacial score (nSPS) is 13.7. The number of nitrogens with zero attached hydrogens (tertiary/aromatic N) is 3. The van der Waals surface area contributed by atoms with E-state index in [2.05, 4.69) is 37.3 Å². The van der Waals surface area contributed by atoms with E-state index in [0.717, 1.165) is 36.1 Å². The minimum absolute atomic E-state index is 0.0741. The van der Waals surface area contributed by atoms with Crippen molar-refractivity contribution in [1.82, 2.24) is 9.97 Å². The molecule has 3 rings (SSSR count). The summed E-state index contributed by atoms with van der Waals surface area (Å²) in [5.41, 5.74) is 1.43. The molecule has 27 heavy (non-hydrogen) atoms. The predicted octanol–water partition coefficient (Wildman–Crippen LogP) is 3.49. The molecule has 2 aromatic rings. The number of thiophene rings is 1. The lowest BCUT2D eigenvalue weighted by Gasteiger charge is -2.09. The highest BCUT2D eigenvalue weighted by molar-refractivity contribution is 9.10. The van der Waals surface area contributed by atoms with E-state index in [1.165, 1.54) is 17.5 Å². The van der Waals surface area contributed by atoms with E-state index in [1.54, 1.807) is 6.92 Å². The first-order valence-corrected chi connectivity index (χ1v) is 11.7. The van der Waals surface area contributed by atoms with E-state index >= 15 is 0 Å². The number of carbonyl (C=O) groups is 1. The van der Waals surface area contributed by atoms with E-state index in [4.69, 9.17) is 0 Å². The fourth-order valence-corrected chi connectivity index (χ4v) is 5.72. The third-order valence-corrected chi connectivity index (χ3v) is 7.68. The molecule has 2 heterocycles. The maximum atomic E-state index is 12.7. The summed E-state index contributed by atoms with van der Waals surface area (Å²) in [4.78, 5) is 21.6. The molecule has 0 atom stereocenters. The Bertz CT molecular complexity index is 1040. The third kappa shape index (κ3) is 4.05. The molecule has 0 fully saturated rings. The number of amides is 1. The van der Waals surface area contributed by atoms with Gasteiger partial charge in [-0.1, -0.05) is 6.92 Å². The van der Waals surface area contributed by atoms with Crippen molar-refractivity contribution < 1.29 is 13.2 Å². The monoisotopic (exact) mass is 468 g/mol. The summed E-state index contributed by atoms with van der Waals surface area (Å²) in [6, 6.07) is 2.18.